The topological polar surface area (TPSA) is 177 Å². The molecule has 0 unspecified atom stereocenters. The number of aromatic nitrogens is 1. The van der Waals surface area contributed by atoms with Gasteiger partial charge in [-0.15, -0.1) is 0 Å². The number of hydrogen-bond donors (Lipinski definition) is 3. The summed E-state index contributed by atoms with van der Waals surface area (Å²) >= 11 is 5.82. The van der Waals surface area contributed by atoms with Crippen molar-refractivity contribution in [1.82, 2.24) is 15.0 Å². The number of pyridine rings is 1. The van der Waals surface area contributed by atoms with Crippen LogP contribution in [0.3, 0.4) is 0 Å². The lowest BCUT2D eigenvalue weighted by molar-refractivity contribution is -0.138. The summed E-state index contributed by atoms with van der Waals surface area (Å²) in [4.78, 5) is 43.2. The van der Waals surface area contributed by atoms with Gasteiger partial charge < -0.3 is 10.4 Å². The van der Waals surface area contributed by atoms with Crippen molar-refractivity contribution in [2.75, 3.05) is 6.26 Å². The third kappa shape index (κ3) is 10.5. The van der Waals surface area contributed by atoms with Crippen LogP contribution < -0.4 is 10.0 Å². The van der Waals surface area contributed by atoms with E-state index in [9.17, 15) is 36.3 Å². The van der Waals surface area contributed by atoms with Crippen molar-refractivity contribution < 1.29 is 36.3 Å². The highest BCUT2D eigenvalue weighted by atomic mass is 35.5. The van der Waals surface area contributed by atoms with Crippen molar-refractivity contribution >= 4 is 60.0 Å². The van der Waals surface area contributed by atoms with Gasteiger partial charge in [0, 0.05) is 36.1 Å². The van der Waals surface area contributed by atoms with E-state index < -0.39 is 78.6 Å². The molecule has 3 rings (SSSR count). The van der Waals surface area contributed by atoms with E-state index in [1.54, 1.807) is 38.1 Å². The number of halogens is 1. The van der Waals surface area contributed by atoms with Crippen LogP contribution in [0.1, 0.15) is 37.9 Å². The third-order valence-corrected chi connectivity index (χ3v) is 10.4. The Morgan fingerprint density at radius 2 is 1.60 bits per heavy atom. The van der Waals surface area contributed by atoms with Gasteiger partial charge in [-0.3, -0.25) is 19.4 Å². The van der Waals surface area contributed by atoms with Gasteiger partial charge in [-0.05, 0) is 43.2 Å². The lowest BCUT2D eigenvalue weighted by Gasteiger charge is -2.25. The third-order valence-electron chi connectivity index (χ3n) is 7.06. The molecule has 1 aromatic heterocycles. The number of para-hydroxylation sites is 1. The summed E-state index contributed by atoms with van der Waals surface area (Å²) in [5.74, 6) is -4.09. The van der Waals surface area contributed by atoms with E-state index in [1.807, 2.05) is 31.2 Å². The molecule has 0 aliphatic heterocycles. The fourth-order valence-corrected chi connectivity index (χ4v) is 6.31. The Morgan fingerprint density at radius 3 is 2.20 bits per heavy atom. The second kappa shape index (κ2) is 15.1. The summed E-state index contributed by atoms with van der Waals surface area (Å²) in [6.07, 6.45) is 0.592. The SMILES string of the molecule is Cc1ccc(S(=O)(=O)N[C@@H](Cc2ccc3ccccc3n2)C(=O)C[C@H](C(=O)N[C@H](/C=C(\Cl)S(C)(=O)=O)CC(=O)O)C(C)C)cc1. The van der Waals surface area contributed by atoms with E-state index in [0.29, 0.717) is 11.2 Å². The van der Waals surface area contributed by atoms with E-state index in [-0.39, 0.29) is 11.3 Å². The van der Waals surface area contributed by atoms with Crippen molar-refractivity contribution in [3.05, 3.63) is 82.4 Å². The van der Waals surface area contributed by atoms with Gasteiger partial charge in [0.25, 0.3) is 0 Å². The van der Waals surface area contributed by atoms with E-state index in [4.69, 9.17) is 11.6 Å². The van der Waals surface area contributed by atoms with Crippen LogP contribution in [-0.4, -0.2) is 62.9 Å². The molecule has 0 fully saturated rings. The molecule has 3 atom stereocenters. The van der Waals surface area contributed by atoms with Crippen molar-refractivity contribution in [2.24, 2.45) is 11.8 Å². The molecule has 2 aromatic carbocycles. The minimum absolute atomic E-state index is 0.0402. The monoisotopic (exact) mass is 677 g/mol. The van der Waals surface area contributed by atoms with Crippen LogP contribution in [0, 0.1) is 18.8 Å². The normalized spacial score (nSPS) is 14.6. The average molecular weight is 678 g/mol. The highest BCUT2D eigenvalue weighted by Gasteiger charge is 2.33. The molecular formula is C31H36ClN3O8S2. The molecule has 0 aliphatic rings. The number of nitrogens with zero attached hydrogens (tertiary/aromatic N) is 1. The summed E-state index contributed by atoms with van der Waals surface area (Å²) < 4.78 is 52.2. The van der Waals surface area contributed by atoms with Crippen LogP contribution in [0.25, 0.3) is 10.9 Å². The predicted molar refractivity (Wildman–Crippen MR) is 172 cm³/mol. The van der Waals surface area contributed by atoms with Gasteiger partial charge in [0.1, 0.15) is 4.36 Å². The Bertz CT molecular complexity index is 1810. The summed E-state index contributed by atoms with van der Waals surface area (Å²) in [6, 6.07) is 14.4. The minimum Gasteiger partial charge on any atom is -0.481 e. The first-order valence-corrected chi connectivity index (χ1v) is 17.8. The second-order valence-electron chi connectivity index (χ2n) is 11.2. The van der Waals surface area contributed by atoms with Crippen LogP contribution in [0.4, 0.5) is 0 Å². The molecule has 0 bridgehead atoms. The van der Waals surface area contributed by atoms with E-state index >= 15 is 0 Å². The Kier molecular flexibility index (Phi) is 12.0. The number of hydrogen-bond acceptors (Lipinski definition) is 8. The van der Waals surface area contributed by atoms with Crippen molar-refractivity contribution in [3.8, 4) is 0 Å². The van der Waals surface area contributed by atoms with Crippen molar-refractivity contribution in [1.29, 1.82) is 0 Å². The molecule has 0 saturated carbocycles. The summed E-state index contributed by atoms with van der Waals surface area (Å²) in [7, 11) is -8.03. The van der Waals surface area contributed by atoms with Crippen LogP contribution in [-0.2, 0) is 40.7 Å². The lowest BCUT2D eigenvalue weighted by Crippen LogP contribution is -2.46. The zero-order valence-electron chi connectivity index (χ0n) is 25.2. The fraction of sp³-hybridized carbons (Fsp3) is 0.355. The van der Waals surface area contributed by atoms with Crippen molar-refractivity contribution in [3.63, 3.8) is 0 Å². The van der Waals surface area contributed by atoms with Crippen LogP contribution in [0.15, 0.2) is 76.0 Å². The number of benzene rings is 2. The number of Topliss-reactive ketones (excluding diaryl/α,β-unsaturated/α-hetero) is 1. The number of ketones is 1. The van der Waals surface area contributed by atoms with Crippen LogP contribution in [0.2, 0.25) is 0 Å². The summed E-state index contributed by atoms with van der Waals surface area (Å²) in [6.45, 7) is 5.17. The summed E-state index contributed by atoms with van der Waals surface area (Å²) in [5, 5.41) is 12.6. The highest BCUT2D eigenvalue weighted by molar-refractivity contribution is 7.96. The number of aliphatic carboxylic acids is 1. The van der Waals surface area contributed by atoms with E-state index in [2.05, 4.69) is 15.0 Å². The Balaban J connectivity index is 1.93. The molecule has 0 aliphatic carbocycles. The molecule has 3 aromatic rings. The van der Waals surface area contributed by atoms with Gasteiger partial charge in [-0.2, -0.15) is 0 Å². The van der Waals surface area contributed by atoms with Crippen LogP contribution >= 0.6 is 11.6 Å². The highest BCUT2D eigenvalue weighted by Crippen LogP contribution is 2.22. The maximum absolute atomic E-state index is 13.8. The molecule has 0 radical (unpaired) electrons. The number of fused-ring (bicyclic) bond motifs is 1. The smallest absolute Gasteiger partial charge is 0.305 e. The molecule has 0 saturated heterocycles. The van der Waals surface area contributed by atoms with Gasteiger partial charge >= 0.3 is 5.97 Å². The number of carboxylic acids is 1. The number of amides is 1. The van der Waals surface area contributed by atoms with E-state index in [0.717, 1.165) is 23.3 Å². The standard InChI is InChI=1S/C31H36ClN3O8S2/c1-19(2)25(31(39)34-23(17-30(37)38)16-29(32)44(4,40)41)18-28(36)27(35-45(42,43)24-13-9-20(3)10-14-24)15-22-12-11-21-7-5-6-8-26(21)33-22/h5-14,16,19,23,25,27,35H,15,17-18H2,1-4H3,(H,34,39)(H,37,38)/b29-16+/t23-,25+,27+/m1/s1. The lowest BCUT2D eigenvalue weighted by atomic mass is 9.87. The summed E-state index contributed by atoms with van der Waals surface area (Å²) in [5.41, 5.74) is 1.96. The number of rotatable bonds is 15. The predicted octanol–water partition coefficient (Wildman–Crippen LogP) is 3.75. The molecule has 11 nitrogen and oxygen atoms in total. The number of aryl methyl sites for hydroxylation is 1. The first-order valence-electron chi connectivity index (χ1n) is 14.0. The molecule has 242 valence electrons. The van der Waals surface area contributed by atoms with Crippen molar-refractivity contribution in [2.45, 2.75) is 57.0 Å². The largest absolute Gasteiger partial charge is 0.481 e. The number of carbonyl (C=O) groups excluding carboxylic acids is 2. The first kappa shape index (κ1) is 35.8. The van der Waals surface area contributed by atoms with Gasteiger partial charge in [0.15, 0.2) is 15.6 Å². The Morgan fingerprint density at radius 1 is 0.956 bits per heavy atom. The quantitative estimate of drug-likeness (QED) is 0.216. The number of sulfonamides is 1. The van der Waals surface area contributed by atoms with Crippen LogP contribution in [0.5, 0.6) is 0 Å². The first-order chi connectivity index (χ1) is 21.0. The Labute approximate surface area is 268 Å². The van der Waals surface area contributed by atoms with Gasteiger partial charge in [-0.25, -0.2) is 21.6 Å². The molecule has 1 heterocycles. The second-order valence-corrected chi connectivity index (χ2v) is 15.5. The molecular weight excluding hydrogens is 642 g/mol. The maximum Gasteiger partial charge on any atom is 0.305 e. The number of nitrogens with one attached hydrogen (secondary N) is 2. The Hall–Kier alpha value is -3.65. The zero-order chi connectivity index (χ0) is 33.5. The number of sulfone groups is 1. The molecule has 0 spiro atoms. The molecule has 45 heavy (non-hydrogen) atoms. The number of carbonyl (C=O) groups is 3. The zero-order valence-corrected chi connectivity index (χ0v) is 27.6. The van der Waals surface area contributed by atoms with Gasteiger partial charge in [0.2, 0.25) is 15.9 Å². The molecule has 1 amide bonds. The van der Waals surface area contributed by atoms with Gasteiger partial charge in [0.05, 0.1) is 28.9 Å². The minimum atomic E-state index is -4.16. The van der Waals surface area contributed by atoms with Gasteiger partial charge in [-0.1, -0.05) is 67.4 Å². The molecule has 14 heteroatoms. The number of carboxylic acid groups (broad SMARTS) is 1. The van der Waals surface area contributed by atoms with E-state index in [1.165, 1.54) is 12.1 Å². The fourth-order valence-electron chi connectivity index (χ4n) is 4.53. The maximum atomic E-state index is 13.8. The molecule has 3 N–H and O–H groups in total. The average Bonchev–Trinajstić information content (AvgIpc) is 2.94.